The van der Waals surface area contributed by atoms with E-state index >= 15 is 0 Å². The summed E-state index contributed by atoms with van der Waals surface area (Å²) >= 11 is 0. The van der Waals surface area contributed by atoms with E-state index in [4.69, 9.17) is 0 Å². The van der Waals surface area contributed by atoms with Crippen LogP contribution in [0.3, 0.4) is 0 Å². The Bertz CT molecular complexity index is 1100. The second-order valence-corrected chi connectivity index (χ2v) is 6.90. The van der Waals surface area contributed by atoms with Crippen LogP contribution in [0.1, 0.15) is 18.0 Å². The predicted octanol–water partition coefficient (Wildman–Crippen LogP) is 3.42. The van der Waals surface area contributed by atoms with Gasteiger partial charge in [0.1, 0.15) is 11.5 Å². The number of halogens is 1. The van der Waals surface area contributed by atoms with Gasteiger partial charge in [0.2, 0.25) is 0 Å². The SMILES string of the molecule is O=C([O-])CC1=C(Nc2ccccc2)C(=O)N(c2ccccc2)[C@@H]1c1ccc(F)cc1. The van der Waals surface area contributed by atoms with Crippen LogP contribution in [-0.2, 0) is 9.59 Å². The molecule has 150 valence electrons. The van der Waals surface area contributed by atoms with E-state index in [-0.39, 0.29) is 11.6 Å². The van der Waals surface area contributed by atoms with E-state index in [0.717, 1.165) is 0 Å². The second kappa shape index (κ2) is 8.21. The molecule has 0 aromatic heterocycles. The maximum atomic E-state index is 13.5. The van der Waals surface area contributed by atoms with Gasteiger partial charge in [-0.1, -0.05) is 48.5 Å². The zero-order chi connectivity index (χ0) is 21.1. The van der Waals surface area contributed by atoms with Gasteiger partial charge in [0.05, 0.1) is 6.04 Å². The molecule has 1 heterocycles. The molecule has 0 unspecified atom stereocenters. The van der Waals surface area contributed by atoms with Crippen LogP contribution in [0.15, 0.2) is 96.2 Å². The van der Waals surface area contributed by atoms with Crippen molar-refractivity contribution in [2.24, 2.45) is 0 Å². The molecule has 0 aliphatic carbocycles. The number of rotatable bonds is 6. The topological polar surface area (TPSA) is 72.5 Å². The quantitative estimate of drug-likeness (QED) is 0.687. The fourth-order valence-corrected chi connectivity index (χ4v) is 3.66. The van der Waals surface area contributed by atoms with Gasteiger partial charge in [-0.15, -0.1) is 0 Å². The number of para-hydroxylation sites is 2. The molecule has 0 radical (unpaired) electrons. The molecule has 0 saturated carbocycles. The molecule has 0 spiro atoms. The standard InChI is InChI=1S/C24H19FN2O3/c25-17-13-11-16(12-14-17)23-20(15-21(28)29)22(26-18-7-3-1-4-8-18)24(30)27(23)19-9-5-2-6-10-19/h1-14,23,26H,15H2,(H,28,29)/p-1/t23-/m1/s1. The van der Waals surface area contributed by atoms with Crippen molar-refractivity contribution in [2.75, 3.05) is 10.2 Å². The Morgan fingerprint density at radius 3 is 2.13 bits per heavy atom. The Hall–Kier alpha value is -3.93. The number of carboxylic acid groups (broad SMARTS) is 1. The van der Waals surface area contributed by atoms with Crippen LogP contribution in [0.25, 0.3) is 0 Å². The molecule has 1 aliphatic rings. The first kappa shape index (κ1) is 19.4. The Balaban J connectivity index is 1.87. The van der Waals surface area contributed by atoms with Gasteiger partial charge in [-0.25, -0.2) is 4.39 Å². The number of benzene rings is 3. The monoisotopic (exact) mass is 401 g/mol. The van der Waals surface area contributed by atoms with Crippen LogP contribution in [0.5, 0.6) is 0 Å². The summed E-state index contributed by atoms with van der Waals surface area (Å²) in [6.45, 7) is 0. The number of carbonyl (C=O) groups excluding carboxylic acids is 2. The summed E-state index contributed by atoms with van der Waals surface area (Å²) < 4.78 is 13.5. The molecular weight excluding hydrogens is 383 g/mol. The van der Waals surface area contributed by atoms with Gasteiger partial charge in [-0.3, -0.25) is 9.69 Å². The minimum absolute atomic E-state index is 0.184. The first-order valence-electron chi connectivity index (χ1n) is 9.43. The molecule has 1 amide bonds. The van der Waals surface area contributed by atoms with E-state index in [2.05, 4.69) is 5.32 Å². The molecule has 5 nitrogen and oxygen atoms in total. The predicted molar refractivity (Wildman–Crippen MR) is 110 cm³/mol. The first-order valence-corrected chi connectivity index (χ1v) is 9.43. The van der Waals surface area contributed by atoms with E-state index < -0.39 is 24.2 Å². The van der Waals surface area contributed by atoms with E-state index in [1.54, 1.807) is 48.5 Å². The maximum absolute atomic E-state index is 13.5. The molecule has 4 rings (SSSR count). The van der Waals surface area contributed by atoms with Crippen molar-refractivity contribution in [2.45, 2.75) is 12.5 Å². The second-order valence-electron chi connectivity index (χ2n) is 6.90. The number of aliphatic carboxylic acids is 1. The van der Waals surface area contributed by atoms with Gasteiger partial charge in [-0.05, 0) is 47.5 Å². The van der Waals surface area contributed by atoms with Gasteiger partial charge < -0.3 is 15.2 Å². The van der Waals surface area contributed by atoms with Gasteiger partial charge in [0, 0.05) is 23.8 Å². The van der Waals surface area contributed by atoms with Crippen LogP contribution in [0, 0.1) is 5.82 Å². The molecule has 0 bridgehead atoms. The smallest absolute Gasteiger partial charge is 0.275 e. The lowest BCUT2D eigenvalue weighted by Gasteiger charge is -2.27. The largest absolute Gasteiger partial charge is 0.550 e. The van der Waals surface area contributed by atoms with Crippen molar-refractivity contribution >= 4 is 23.3 Å². The highest BCUT2D eigenvalue weighted by Gasteiger charge is 2.41. The minimum atomic E-state index is -1.30. The number of anilines is 2. The highest BCUT2D eigenvalue weighted by Crippen LogP contribution is 2.42. The van der Waals surface area contributed by atoms with E-state index in [9.17, 15) is 19.1 Å². The summed E-state index contributed by atoms with van der Waals surface area (Å²) in [5, 5.41) is 14.7. The van der Waals surface area contributed by atoms with E-state index in [1.165, 1.54) is 17.0 Å². The van der Waals surface area contributed by atoms with Gasteiger partial charge in [-0.2, -0.15) is 0 Å². The van der Waals surface area contributed by atoms with Gasteiger partial charge >= 0.3 is 0 Å². The van der Waals surface area contributed by atoms with Gasteiger partial charge in [0.25, 0.3) is 5.91 Å². The van der Waals surface area contributed by atoms with Crippen molar-refractivity contribution in [3.05, 3.63) is 108 Å². The number of hydrogen-bond acceptors (Lipinski definition) is 4. The highest BCUT2D eigenvalue weighted by molar-refractivity contribution is 6.12. The summed E-state index contributed by atoms with van der Waals surface area (Å²) in [5.74, 6) is -2.08. The van der Waals surface area contributed by atoms with Crippen LogP contribution in [0.2, 0.25) is 0 Å². The zero-order valence-electron chi connectivity index (χ0n) is 15.9. The average molecular weight is 401 g/mol. The summed E-state index contributed by atoms with van der Waals surface area (Å²) in [5.41, 5.74) is 2.42. The number of nitrogens with zero attached hydrogens (tertiary/aromatic N) is 1. The molecule has 30 heavy (non-hydrogen) atoms. The third-order valence-electron chi connectivity index (χ3n) is 4.94. The molecular formula is C24H18FN2O3-. The van der Waals surface area contributed by atoms with Gasteiger partial charge in [0.15, 0.2) is 0 Å². The summed E-state index contributed by atoms with van der Waals surface area (Å²) in [7, 11) is 0. The molecule has 3 aromatic rings. The molecule has 3 aromatic carbocycles. The number of amides is 1. The lowest BCUT2D eigenvalue weighted by atomic mass is 9.96. The third-order valence-corrected chi connectivity index (χ3v) is 4.94. The van der Waals surface area contributed by atoms with Crippen LogP contribution in [-0.4, -0.2) is 11.9 Å². The zero-order valence-corrected chi connectivity index (χ0v) is 15.9. The Morgan fingerprint density at radius 1 is 0.933 bits per heavy atom. The van der Waals surface area contributed by atoms with Crippen molar-refractivity contribution in [3.8, 4) is 0 Å². The summed E-state index contributed by atoms with van der Waals surface area (Å²) in [4.78, 5) is 26.6. The lowest BCUT2D eigenvalue weighted by molar-refractivity contribution is -0.304. The fourth-order valence-electron chi connectivity index (χ4n) is 3.66. The lowest BCUT2D eigenvalue weighted by Crippen LogP contribution is -2.31. The summed E-state index contributed by atoms with van der Waals surface area (Å²) in [6.07, 6.45) is -0.438. The summed E-state index contributed by atoms with van der Waals surface area (Å²) in [6, 6.07) is 23.0. The van der Waals surface area contributed by atoms with E-state index in [0.29, 0.717) is 22.5 Å². The fraction of sp³-hybridized carbons (Fsp3) is 0.0833. The highest BCUT2D eigenvalue weighted by atomic mass is 19.1. The number of carbonyl (C=O) groups is 2. The molecule has 1 atom stereocenters. The van der Waals surface area contributed by atoms with E-state index in [1.807, 2.05) is 24.3 Å². The van der Waals surface area contributed by atoms with Crippen molar-refractivity contribution in [1.82, 2.24) is 0 Å². The number of hydrogen-bond donors (Lipinski definition) is 1. The molecule has 1 N–H and O–H groups in total. The number of nitrogens with one attached hydrogen (secondary N) is 1. The van der Waals surface area contributed by atoms with Crippen LogP contribution >= 0.6 is 0 Å². The Morgan fingerprint density at radius 2 is 1.53 bits per heavy atom. The molecule has 6 heteroatoms. The van der Waals surface area contributed by atoms with Crippen LogP contribution < -0.4 is 15.3 Å². The molecule has 0 saturated heterocycles. The average Bonchev–Trinajstić information content (AvgIpc) is 3.01. The normalized spacial score (nSPS) is 16.1. The third kappa shape index (κ3) is 3.80. The minimum Gasteiger partial charge on any atom is -0.550 e. The Kier molecular flexibility index (Phi) is 5.30. The van der Waals surface area contributed by atoms with Crippen molar-refractivity contribution < 1.29 is 19.1 Å². The van der Waals surface area contributed by atoms with Crippen LogP contribution in [0.4, 0.5) is 15.8 Å². The van der Waals surface area contributed by atoms with Crippen molar-refractivity contribution in [1.29, 1.82) is 0 Å². The molecule has 1 aliphatic heterocycles. The number of carboxylic acids is 1. The molecule has 0 fully saturated rings. The maximum Gasteiger partial charge on any atom is 0.275 e. The first-order chi connectivity index (χ1) is 14.5. The Labute approximate surface area is 173 Å². The van der Waals surface area contributed by atoms with Crippen molar-refractivity contribution in [3.63, 3.8) is 0 Å².